The summed E-state index contributed by atoms with van der Waals surface area (Å²) in [4.78, 5) is 246. The molecule has 15 atom stereocenters. The molecule has 0 aromatic heterocycles. The monoisotopic (exact) mass is 1650 g/mol. The van der Waals surface area contributed by atoms with Crippen LogP contribution in [0.3, 0.4) is 0 Å². The number of nitrogens with zero attached hydrogens (tertiary/aromatic N) is 1. The third-order valence-corrected chi connectivity index (χ3v) is 17.6. The van der Waals surface area contributed by atoms with Crippen LogP contribution in [0.5, 0.6) is 5.75 Å². The molecule has 0 heterocycles. The fourth-order valence-electron chi connectivity index (χ4n) is 11.2. The molecule has 0 unspecified atom stereocenters. The van der Waals surface area contributed by atoms with E-state index in [2.05, 4.69) is 74.1 Å². The van der Waals surface area contributed by atoms with Gasteiger partial charge in [-0.1, -0.05) is 60.1 Å². The zero-order valence-electron chi connectivity index (χ0n) is 66.8. The van der Waals surface area contributed by atoms with Crippen molar-refractivity contribution in [3.05, 3.63) is 29.8 Å². The highest BCUT2D eigenvalue weighted by Gasteiger charge is 2.39. The summed E-state index contributed by atoms with van der Waals surface area (Å²) >= 11 is 0. The van der Waals surface area contributed by atoms with Gasteiger partial charge < -0.3 is 134 Å². The number of nitrogens with two attached hydrogens (primary N) is 6. The van der Waals surface area contributed by atoms with Crippen molar-refractivity contribution >= 4 is 113 Å². The number of hydrogen-bond donors (Lipinski definition) is 25. The van der Waals surface area contributed by atoms with E-state index in [1.165, 1.54) is 52.0 Å². The van der Waals surface area contributed by atoms with E-state index in [9.17, 15) is 117 Å². The predicted octanol–water partition coefficient (Wildman–Crippen LogP) is -6.79. The summed E-state index contributed by atoms with van der Waals surface area (Å²) in [5.74, 6) is -23.3. The van der Waals surface area contributed by atoms with Crippen molar-refractivity contribution in [2.75, 3.05) is 19.6 Å². The highest BCUT2D eigenvalue weighted by molar-refractivity contribution is 6.01. The number of primary amides is 1. The number of phenols is 1. The van der Waals surface area contributed by atoms with Gasteiger partial charge in [0.15, 0.2) is 5.96 Å². The van der Waals surface area contributed by atoms with Gasteiger partial charge in [0.2, 0.25) is 82.7 Å². The lowest BCUT2D eigenvalue weighted by Crippen LogP contribution is -2.61. The van der Waals surface area contributed by atoms with Crippen molar-refractivity contribution in [1.29, 1.82) is 0 Å². The maximum atomic E-state index is 14.5. The Hall–Kier alpha value is -11.4. The number of aliphatic carboxylic acids is 4. The summed E-state index contributed by atoms with van der Waals surface area (Å²) in [6.45, 7) is 13.3. The Balaban J connectivity index is 3.58. The van der Waals surface area contributed by atoms with Crippen molar-refractivity contribution in [1.82, 2.24) is 69.1 Å². The lowest BCUT2D eigenvalue weighted by atomic mass is 9.99. The number of amides is 14. The number of hydrogen-bond acceptors (Lipinski definition) is 24. The first-order chi connectivity index (χ1) is 54.2. The van der Waals surface area contributed by atoms with Crippen LogP contribution in [0, 0.1) is 17.8 Å². The minimum atomic E-state index is -1.99. The van der Waals surface area contributed by atoms with Crippen LogP contribution >= 0.6 is 0 Å². The van der Waals surface area contributed by atoms with Gasteiger partial charge in [0.1, 0.15) is 84.3 Å². The van der Waals surface area contributed by atoms with Gasteiger partial charge in [0.25, 0.3) is 0 Å². The number of phenolic OH excluding ortho intramolecular Hbond substituents is 1. The van der Waals surface area contributed by atoms with E-state index in [-0.39, 0.29) is 94.4 Å². The van der Waals surface area contributed by atoms with Gasteiger partial charge in [-0.2, -0.15) is 0 Å². The second-order valence-corrected chi connectivity index (χ2v) is 29.2. The number of carbonyl (C=O) groups is 18. The van der Waals surface area contributed by atoms with Gasteiger partial charge in [-0.3, -0.25) is 86.5 Å². The number of aliphatic imine (C=N–C) groups is 1. The van der Waals surface area contributed by atoms with E-state index in [1.54, 1.807) is 27.7 Å². The smallest absolute Gasteiger partial charge is 0.326 e. The van der Waals surface area contributed by atoms with Gasteiger partial charge in [0.05, 0.1) is 25.0 Å². The summed E-state index contributed by atoms with van der Waals surface area (Å²) in [5.41, 5.74) is 34.2. The molecule has 0 fully saturated rings. The van der Waals surface area contributed by atoms with E-state index in [0.29, 0.717) is 24.9 Å². The first kappa shape index (κ1) is 103. The Bertz CT molecular complexity index is 3540. The maximum Gasteiger partial charge on any atom is 0.326 e. The minimum Gasteiger partial charge on any atom is -0.508 e. The highest BCUT2D eigenvalue weighted by Crippen LogP contribution is 2.16. The van der Waals surface area contributed by atoms with E-state index in [4.69, 9.17) is 34.4 Å². The van der Waals surface area contributed by atoms with Crippen molar-refractivity contribution in [3.8, 4) is 5.75 Å². The van der Waals surface area contributed by atoms with Crippen LogP contribution < -0.4 is 104 Å². The Labute approximate surface area is 670 Å². The number of rotatable bonds is 57. The van der Waals surface area contributed by atoms with E-state index in [0.717, 1.165) is 6.92 Å². The third-order valence-electron chi connectivity index (χ3n) is 17.6. The molecule has 0 aliphatic heterocycles. The lowest BCUT2D eigenvalue weighted by Gasteiger charge is -2.29. The molecule has 44 heteroatoms. The van der Waals surface area contributed by atoms with Crippen LogP contribution in [0.25, 0.3) is 0 Å². The quantitative estimate of drug-likeness (QED) is 0.0164. The molecular weight excluding hydrogens is 1530 g/mol. The summed E-state index contributed by atoms with van der Waals surface area (Å²) in [5, 5.41) is 90.0. The molecular formula is C72H120N20O24. The number of aliphatic hydroxyl groups is 1. The molecule has 1 aromatic carbocycles. The zero-order valence-corrected chi connectivity index (χ0v) is 66.8. The summed E-state index contributed by atoms with van der Waals surface area (Å²) < 4.78 is 0. The van der Waals surface area contributed by atoms with Crippen LogP contribution in [0.4, 0.5) is 0 Å². The van der Waals surface area contributed by atoms with Gasteiger partial charge >= 0.3 is 23.9 Å². The van der Waals surface area contributed by atoms with Crippen molar-refractivity contribution in [2.45, 2.75) is 262 Å². The first-order valence-corrected chi connectivity index (χ1v) is 38.0. The van der Waals surface area contributed by atoms with Crippen LogP contribution in [0.1, 0.15) is 171 Å². The Kier molecular flexibility index (Phi) is 46.8. The van der Waals surface area contributed by atoms with Crippen molar-refractivity contribution in [2.24, 2.45) is 57.1 Å². The SMILES string of the molecule is CC(C)C[C@H](NC(=O)[C@H](CC(C)C)NC(=O)[C@H](CC(=O)O)NC(=O)[C@@H](N)CCCCN)C(=O)N[C@@H](CCC(=O)O)C(=O)N[C@@H](CCC(N)=O)C(=O)N[C@@H](CCCCN)C(=O)N[C@@H](CCCN=C(N)N)C(=O)N[C@@H](C)C(=O)N[C@@H](C)C(=O)N[C@H](C(=O)N[C@@H](CC(=O)O)C(=O)N[C@H](C(=O)N[C@@H](Cc1ccc(O)cc1)C(=O)O)[C@@H](C)O)C(C)C. The van der Waals surface area contributed by atoms with Gasteiger partial charge in [-0.15, -0.1) is 0 Å². The zero-order chi connectivity index (χ0) is 88.4. The first-order valence-electron chi connectivity index (χ1n) is 38.0. The second-order valence-electron chi connectivity index (χ2n) is 29.2. The average Bonchev–Trinajstić information content (AvgIpc) is 0.853. The fourth-order valence-corrected chi connectivity index (χ4v) is 11.2. The van der Waals surface area contributed by atoms with Gasteiger partial charge in [-0.05, 0) is 140 Å². The van der Waals surface area contributed by atoms with Crippen molar-refractivity contribution in [3.63, 3.8) is 0 Å². The number of carboxylic acids is 4. The topological polar surface area (TPSA) is 754 Å². The molecule has 0 saturated heterocycles. The summed E-state index contributed by atoms with van der Waals surface area (Å²) in [6.07, 6.45) is -5.86. The van der Waals surface area contributed by atoms with Gasteiger partial charge in [0, 0.05) is 25.8 Å². The molecule has 44 nitrogen and oxygen atoms in total. The minimum absolute atomic E-state index is 0.0169. The molecule has 0 bridgehead atoms. The van der Waals surface area contributed by atoms with Crippen LogP contribution in [-0.4, -0.2) is 254 Å². The molecule has 1 aromatic rings. The standard InChI is InChI=1S/C72H120N20O24/c1-34(2)29-47(87-66(110)48(30-35(3)4)88-67(111)49(32-54(98)99)86-60(104)42(75)15-10-12-26-73)65(109)85-46(23-25-53(96)97)64(108)84-45(22-24-52(76)95)63(107)82-43(16-11-13-27-74)62(106)83-44(17-14-28-79-72(77)78)61(105)81-37(7)58(102)80-38(8)59(103)91-56(36(5)6)69(113)89-50(33-55(100)101)68(112)92-57(39(9)93)70(114)90-51(71(115)116)31-40-18-20-41(94)21-19-40/h18-21,34-39,42-51,56-57,93-94H,10-17,22-33,73-75H2,1-9H3,(H2,76,95)(H,80,102)(H,81,105)(H,82,107)(H,83,106)(H,84,108)(H,85,109)(H,86,104)(H,87,110)(H,88,111)(H,89,113)(H,90,114)(H,91,103)(H,92,112)(H,96,97)(H,98,99)(H,100,101)(H,115,116)(H4,77,78,79)/t37-,38-,39+,42-,43-,44-,45-,46-,47-,48-,49-,50-,51-,56-,57-/m0/s1. The fraction of sp³-hybridized carbons (Fsp3) is 0.653. The van der Waals surface area contributed by atoms with E-state index >= 15 is 0 Å². The number of guanidine groups is 1. The van der Waals surface area contributed by atoms with Crippen LogP contribution in [-0.2, 0) is 92.7 Å². The number of carbonyl (C=O) groups excluding carboxylic acids is 14. The molecule has 0 spiro atoms. The second kappa shape index (κ2) is 52.9. The van der Waals surface area contributed by atoms with Crippen molar-refractivity contribution < 1.29 is 117 Å². The van der Waals surface area contributed by atoms with Gasteiger partial charge in [-0.25, -0.2) is 4.79 Å². The maximum absolute atomic E-state index is 14.5. The van der Waals surface area contributed by atoms with Crippen LogP contribution in [0.15, 0.2) is 29.3 Å². The number of aliphatic hydroxyl groups excluding tert-OH is 1. The number of nitrogens with one attached hydrogen (secondary N) is 13. The molecule has 0 aliphatic rings. The molecule has 0 radical (unpaired) electrons. The number of unbranched alkanes of at least 4 members (excludes halogenated alkanes) is 2. The molecule has 116 heavy (non-hydrogen) atoms. The predicted molar refractivity (Wildman–Crippen MR) is 415 cm³/mol. The molecule has 652 valence electrons. The lowest BCUT2D eigenvalue weighted by molar-refractivity contribution is -0.144. The van der Waals surface area contributed by atoms with E-state index < -0.39 is 242 Å². The molecule has 0 saturated carbocycles. The molecule has 31 N–H and O–H groups in total. The summed E-state index contributed by atoms with van der Waals surface area (Å²) in [6, 6.07) is -17.5. The average molecular weight is 1650 g/mol. The number of aromatic hydroxyl groups is 1. The Morgan fingerprint density at radius 2 is 0.733 bits per heavy atom. The Morgan fingerprint density at radius 1 is 0.379 bits per heavy atom. The summed E-state index contributed by atoms with van der Waals surface area (Å²) in [7, 11) is 0. The largest absolute Gasteiger partial charge is 0.508 e. The third kappa shape index (κ3) is 40.5. The number of carboxylic acid groups (broad SMARTS) is 4. The molecule has 14 amide bonds. The molecule has 1 rings (SSSR count). The normalized spacial score (nSPS) is 15.0. The Morgan fingerprint density at radius 3 is 1.15 bits per heavy atom. The van der Waals surface area contributed by atoms with Crippen LogP contribution in [0.2, 0.25) is 0 Å². The van der Waals surface area contributed by atoms with E-state index in [1.807, 2.05) is 0 Å². The number of benzene rings is 1. The molecule has 0 aliphatic carbocycles. The highest BCUT2D eigenvalue weighted by atomic mass is 16.4.